The van der Waals surface area contributed by atoms with Gasteiger partial charge in [0.2, 0.25) is 5.91 Å². The van der Waals surface area contributed by atoms with E-state index in [4.69, 9.17) is 0 Å². The minimum absolute atomic E-state index is 0.00677. The minimum atomic E-state index is -1.01. The third-order valence-electron chi connectivity index (χ3n) is 7.31. The Hall–Kier alpha value is -3.12. The molecule has 6 heteroatoms. The zero-order valence-corrected chi connectivity index (χ0v) is 19.4. The monoisotopic (exact) mass is 447 g/mol. The van der Waals surface area contributed by atoms with Crippen molar-refractivity contribution in [3.05, 3.63) is 71.9 Å². The predicted octanol–water partition coefficient (Wildman–Crippen LogP) is 4.32. The van der Waals surface area contributed by atoms with Gasteiger partial charge in [0.1, 0.15) is 6.04 Å². The van der Waals surface area contributed by atoms with E-state index in [0.29, 0.717) is 6.42 Å². The van der Waals surface area contributed by atoms with E-state index >= 15 is 0 Å². The molecule has 0 unspecified atom stereocenters. The number of carboxylic acids is 1. The van der Waals surface area contributed by atoms with Crippen molar-refractivity contribution >= 4 is 22.8 Å². The fourth-order valence-electron chi connectivity index (χ4n) is 5.34. The highest BCUT2D eigenvalue weighted by Crippen LogP contribution is 2.43. The van der Waals surface area contributed by atoms with Gasteiger partial charge in [-0.05, 0) is 62.9 Å². The fraction of sp³-hybridized carbons (Fsp3) is 0.407. The van der Waals surface area contributed by atoms with Crippen LogP contribution < -0.4 is 5.32 Å². The maximum atomic E-state index is 12.8. The zero-order valence-electron chi connectivity index (χ0n) is 19.4. The molecule has 4 rings (SSSR count). The number of carbonyl (C=O) groups excluding carboxylic acids is 1. The number of aromatic nitrogens is 1. The number of aromatic amines is 1. The molecule has 1 saturated carbocycles. The molecule has 1 aliphatic carbocycles. The van der Waals surface area contributed by atoms with Crippen LogP contribution in [0.1, 0.15) is 43.2 Å². The first-order valence-corrected chi connectivity index (χ1v) is 11.7. The molecule has 0 radical (unpaired) electrons. The summed E-state index contributed by atoms with van der Waals surface area (Å²) in [5.41, 5.74) is 3.18. The predicted molar refractivity (Wildman–Crippen MR) is 130 cm³/mol. The number of H-pyrrole nitrogens is 1. The highest BCUT2D eigenvalue weighted by Gasteiger charge is 2.39. The largest absolute Gasteiger partial charge is 0.480 e. The SMILES string of the molecule is CN(C)C1(c2ccccc2)CCC(CC(=O)N[C@@H](Cc2c[nH]c3ccccc23)C(=O)O)CC1. The number of carboxylic acid groups (broad SMARTS) is 1. The van der Waals surface area contributed by atoms with Crippen molar-refractivity contribution in [3.8, 4) is 0 Å². The number of aliphatic carboxylic acids is 1. The fourth-order valence-corrected chi connectivity index (χ4v) is 5.34. The number of nitrogens with one attached hydrogen (secondary N) is 2. The second kappa shape index (κ2) is 9.79. The Kier molecular flexibility index (Phi) is 6.84. The smallest absolute Gasteiger partial charge is 0.326 e. The minimum Gasteiger partial charge on any atom is -0.480 e. The summed E-state index contributed by atoms with van der Waals surface area (Å²) in [6, 6.07) is 17.4. The Morgan fingerprint density at radius 1 is 1.09 bits per heavy atom. The zero-order chi connectivity index (χ0) is 23.4. The number of benzene rings is 2. The lowest BCUT2D eigenvalue weighted by Gasteiger charge is -2.45. The third-order valence-corrected chi connectivity index (χ3v) is 7.31. The van der Waals surface area contributed by atoms with Gasteiger partial charge in [-0.2, -0.15) is 0 Å². The summed E-state index contributed by atoms with van der Waals surface area (Å²) in [4.78, 5) is 30.1. The molecule has 6 nitrogen and oxygen atoms in total. The number of nitrogens with zero attached hydrogens (tertiary/aromatic N) is 1. The molecule has 3 N–H and O–H groups in total. The molecular formula is C27H33N3O3. The summed E-state index contributed by atoms with van der Waals surface area (Å²) in [6.07, 6.45) is 6.32. The van der Waals surface area contributed by atoms with Crippen LogP contribution in [0.3, 0.4) is 0 Å². The molecular weight excluding hydrogens is 414 g/mol. The van der Waals surface area contributed by atoms with Crippen LogP contribution in [0.2, 0.25) is 0 Å². The molecule has 174 valence electrons. The Bertz CT molecular complexity index is 1100. The Labute approximate surface area is 195 Å². The van der Waals surface area contributed by atoms with Crippen LogP contribution in [0.15, 0.2) is 60.8 Å². The van der Waals surface area contributed by atoms with Crippen molar-refractivity contribution < 1.29 is 14.7 Å². The van der Waals surface area contributed by atoms with Crippen molar-refractivity contribution in [2.75, 3.05) is 14.1 Å². The van der Waals surface area contributed by atoms with Gasteiger partial charge < -0.3 is 15.4 Å². The van der Waals surface area contributed by atoms with E-state index in [-0.39, 0.29) is 23.8 Å². The first-order valence-electron chi connectivity index (χ1n) is 11.7. The molecule has 2 aromatic carbocycles. The summed E-state index contributed by atoms with van der Waals surface area (Å²) >= 11 is 0. The van der Waals surface area contributed by atoms with Gasteiger partial charge in [-0.3, -0.25) is 9.69 Å². The normalized spacial score (nSPS) is 21.7. The van der Waals surface area contributed by atoms with Gasteiger partial charge in [0.15, 0.2) is 0 Å². The number of carbonyl (C=O) groups is 2. The Morgan fingerprint density at radius 2 is 1.76 bits per heavy atom. The van der Waals surface area contributed by atoms with Crippen LogP contribution in [-0.2, 0) is 21.5 Å². The van der Waals surface area contributed by atoms with Crippen LogP contribution in [0.25, 0.3) is 10.9 Å². The molecule has 1 aromatic heterocycles. The average Bonchev–Trinajstić information content (AvgIpc) is 3.22. The van der Waals surface area contributed by atoms with Gasteiger partial charge in [-0.15, -0.1) is 0 Å². The number of fused-ring (bicyclic) bond motifs is 1. The van der Waals surface area contributed by atoms with Gasteiger partial charge in [-0.25, -0.2) is 4.79 Å². The van der Waals surface area contributed by atoms with Gasteiger partial charge in [0.25, 0.3) is 0 Å². The van der Waals surface area contributed by atoms with Gasteiger partial charge in [0.05, 0.1) is 0 Å². The molecule has 0 bridgehead atoms. The van der Waals surface area contributed by atoms with Crippen LogP contribution in [0.4, 0.5) is 0 Å². The Morgan fingerprint density at radius 3 is 2.42 bits per heavy atom. The summed E-state index contributed by atoms with van der Waals surface area (Å²) in [5.74, 6) is -0.915. The summed E-state index contributed by atoms with van der Waals surface area (Å²) in [7, 11) is 4.25. The second-order valence-corrected chi connectivity index (χ2v) is 9.46. The van der Waals surface area contributed by atoms with Gasteiger partial charge in [-0.1, -0.05) is 48.5 Å². The van der Waals surface area contributed by atoms with Gasteiger partial charge in [0, 0.05) is 35.5 Å². The lowest BCUT2D eigenvalue weighted by molar-refractivity contribution is -0.142. The summed E-state index contributed by atoms with van der Waals surface area (Å²) in [6.45, 7) is 0. The number of hydrogen-bond acceptors (Lipinski definition) is 3. The second-order valence-electron chi connectivity index (χ2n) is 9.46. The van der Waals surface area contributed by atoms with Crippen molar-refractivity contribution in [2.45, 2.75) is 50.1 Å². The van der Waals surface area contributed by atoms with E-state index in [9.17, 15) is 14.7 Å². The van der Waals surface area contributed by atoms with Crippen molar-refractivity contribution in [3.63, 3.8) is 0 Å². The Balaban J connectivity index is 1.36. The molecule has 1 amide bonds. The number of amides is 1. The van der Waals surface area contributed by atoms with Crippen molar-refractivity contribution in [2.24, 2.45) is 5.92 Å². The lowest BCUT2D eigenvalue weighted by atomic mass is 9.71. The third kappa shape index (κ3) is 4.96. The van der Waals surface area contributed by atoms with Gasteiger partial charge >= 0.3 is 5.97 Å². The highest BCUT2D eigenvalue weighted by atomic mass is 16.4. The molecule has 33 heavy (non-hydrogen) atoms. The quantitative estimate of drug-likeness (QED) is 0.480. The van der Waals surface area contributed by atoms with E-state index in [1.807, 2.05) is 36.5 Å². The molecule has 1 aliphatic rings. The summed E-state index contributed by atoms with van der Waals surface area (Å²) < 4.78 is 0. The first kappa shape index (κ1) is 23.1. The number of hydrogen-bond donors (Lipinski definition) is 3. The molecule has 0 spiro atoms. The van der Waals surface area contributed by atoms with E-state index in [2.05, 4.69) is 53.6 Å². The number of rotatable bonds is 8. The average molecular weight is 448 g/mol. The molecule has 0 aliphatic heterocycles. The summed E-state index contributed by atoms with van der Waals surface area (Å²) in [5, 5.41) is 13.5. The molecule has 3 aromatic rings. The van der Waals surface area contributed by atoms with Crippen LogP contribution in [0.5, 0.6) is 0 Å². The van der Waals surface area contributed by atoms with Crippen LogP contribution in [-0.4, -0.2) is 47.0 Å². The van der Waals surface area contributed by atoms with E-state index in [1.54, 1.807) is 0 Å². The van der Waals surface area contributed by atoms with E-state index < -0.39 is 12.0 Å². The topological polar surface area (TPSA) is 85.4 Å². The standard InChI is InChI=1S/C27H33N3O3/c1-30(2)27(21-8-4-3-5-9-21)14-12-19(13-15-27)16-25(31)29-24(26(32)33)17-20-18-28-23-11-7-6-10-22(20)23/h3-11,18-19,24,28H,12-17H2,1-2H3,(H,29,31)(H,32,33)/t19?,24-,27?/m0/s1. The van der Waals surface area contributed by atoms with Crippen molar-refractivity contribution in [1.82, 2.24) is 15.2 Å². The lowest BCUT2D eigenvalue weighted by Crippen LogP contribution is -2.46. The van der Waals surface area contributed by atoms with Crippen LogP contribution in [0, 0.1) is 5.92 Å². The maximum Gasteiger partial charge on any atom is 0.326 e. The first-order chi connectivity index (χ1) is 15.9. The number of para-hydroxylation sites is 1. The molecule has 1 heterocycles. The van der Waals surface area contributed by atoms with Crippen molar-refractivity contribution in [1.29, 1.82) is 0 Å². The van der Waals surface area contributed by atoms with E-state index in [1.165, 1.54) is 5.56 Å². The van der Waals surface area contributed by atoms with Crippen LogP contribution >= 0.6 is 0 Å². The highest BCUT2D eigenvalue weighted by molar-refractivity contribution is 5.86. The maximum absolute atomic E-state index is 12.8. The van der Waals surface area contributed by atoms with E-state index in [0.717, 1.165) is 42.1 Å². The molecule has 0 saturated heterocycles. The molecule has 1 atom stereocenters. The molecule has 1 fully saturated rings.